The average Bonchev–Trinajstić information content (AvgIpc) is 3.32. The molecule has 0 bridgehead atoms. The van der Waals surface area contributed by atoms with E-state index in [1.807, 2.05) is 18.2 Å². The fraction of sp³-hybridized carbons (Fsp3) is 0.350. The van der Waals surface area contributed by atoms with Crippen molar-refractivity contribution < 1.29 is 4.79 Å². The molecule has 3 nitrogen and oxygen atoms in total. The van der Waals surface area contributed by atoms with Crippen LogP contribution in [0, 0.1) is 11.8 Å². The van der Waals surface area contributed by atoms with Crippen molar-refractivity contribution in [2.75, 3.05) is 16.8 Å². The van der Waals surface area contributed by atoms with Gasteiger partial charge in [0.2, 0.25) is 5.91 Å². The number of benzene rings is 2. The Bertz CT molecular complexity index is 740. The van der Waals surface area contributed by atoms with Gasteiger partial charge in [0.05, 0.1) is 11.4 Å². The Labute approximate surface area is 137 Å². The van der Waals surface area contributed by atoms with Gasteiger partial charge < -0.3 is 10.2 Å². The summed E-state index contributed by atoms with van der Waals surface area (Å²) in [6.45, 7) is 4.03. The predicted octanol–water partition coefficient (Wildman–Crippen LogP) is 3.84. The number of fused-ring (bicyclic) bond motifs is 1. The number of para-hydroxylation sites is 2. The van der Waals surface area contributed by atoms with Crippen LogP contribution in [0.3, 0.4) is 0 Å². The van der Waals surface area contributed by atoms with E-state index in [1.165, 1.54) is 11.1 Å². The highest BCUT2D eigenvalue weighted by Gasteiger charge is 2.39. The first kappa shape index (κ1) is 14.3. The van der Waals surface area contributed by atoms with Crippen LogP contribution >= 0.6 is 0 Å². The lowest BCUT2D eigenvalue weighted by Gasteiger charge is -2.32. The van der Waals surface area contributed by atoms with Crippen LogP contribution in [0.1, 0.15) is 24.5 Å². The molecule has 1 aliphatic carbocycles. The lowest BCUT2D eigenvalue weighted by molar-refractivity contribution is -0.117. The zero-order chi connectivity index (χ0) is 15.8. The van der Waals surface area contributed by atoms with Gasteiger partial charge in [-0.3, -0.25) is 4.79 Å². The summed E-state index contributed by atoms with van der Waals surface area (Å²) < 4.78 is 0. The molecule has 0 spiro atoms. The summed E-state index contributed by atoms with van der Waals surface area (Å²) >= 11 is 0. The summed E-state index contributed by atoms with van der Waals surface area (Å²) in [4.78, 5) is 14.7. The molecule has 3 heteroatoms. The molecule has 0 radical (unpaired) electrons. The maximum Gasteiger partial charge on any atom is 0.227 e. The van der Waals surface area contributed by atoms with Crippen LogP contribution in [0.4, 0.5) is 11.4 Å². The first-order valence-electron chi connectivity index (χ1n) is 8.44. The van der Waals surface area contributed by atoms with E-state index in [2.05, 4.69) is 47.5 Å². The van der Waals surface area contributed by atoms with Gasteiger partial charge in [-0.25, -0.2) is 0 Å². The van der Waals surface area contributed by atoms with Crippen molar-refractivity contribution >= 4 is 17.3 Å². The Morgan fingerprint density at radius 1 is 1.09 bits per heavy atom. The Balaban J connectivity index is 1.56. The Kier molecular flexibility index (Phi) is 3.56. The third-order valence-electron chi connectivity index (χ3n) is 5.08. The third kappa shape index (κ3) is 2.83. The largest absolute Gasteiger partial charge is 0.365 e. The first-order chi connectivity index (χ1) is 11.2. The second-order valence-electron chi connectivity index (χ2n) is 6.77. The molecule has 2 aromatic rings. The number of nitrogens with zero attached hydrogens (tertiary/aromatic N) is 1. The molecule has 0 unspecified atom stereocenters. The number of carbonyl (C=O) groups is 1. The molecule has 2 atom stereocenters. The van der Waals surface area contributed by atoms with Crippen molar-refractivity contribution in [2.45, 2.75) is 26.3 Å². The van der Waals surface area contributed by atoms with E-state index in [4.69, 9.17) is 0 Å². The van der Waals surface area contributed by atoms with E-state index in [0.717, 1.165) is 37.3 Å². The fourth-order valence-electron chi connectivity index (χ4n) is 3.47. The van der Waals surface area contributed by atoms with Gasteiger partial charge in [-0.15, -0.1) is 0 Å². The van der Waals surface area contributed by atoms with Crippen LogP contribution < -0.4 is 10.2 Å². The Morgan fingerprint density at radius 2 is 1.78 bits per heavy atom. The van der Waals surface area contributed by atoms with Crippen molar-refractivity contribution in [1.29, 1.82) is 0 Å². The number of anilines is 2. The van der Waals surface area contributed by atoms with Gasteiger partial charge in [-0.1, -0.05) is 43.3 Å². The van der Waals surface area contributed by atoms with Crippen molar-refractivity contribution in [3.63, 3.8) is 0 Å². The lowest BCUT2D eigenvalue weighted by atomic mass is 9.99. The van der Waals surface area contributed by atoms with E-state index in [1.54, 1.807) is 0 Å². The number of hydrogen-bond acceptors (Lipinski definition) is 2. The zero-order valence-electron chi connectivity index (χ0n) is 13.5. The standard InChI is InChI=1S/C20H22N2O/c1-14-12-17(14)20(23)21-18-8-4-5-9-19(18)22-11-10-15-6-2-3-7-16(15)13-22/h2-9,14,17H,10-13H2,1H3,(H,21,23)/t14-,17-/m1/s1. The van der Waals surface area contributed by atoms with Crippen LogP contribution in [0.5, 0.6) is 0 Å². The lowest BCUT2D eigenvalue weighted by Crippen LogP contribution is -2.31. The number of hydrogen-bond donors (Lipinski definition) is 1. The van der Waals surface area contributed by atoms with E-state index < -0.39 is 0 Å². The molecule has 2 aromatic carbocycles. The quantitative estimate of drug-likeness (QED) is 0.934. The second-order valence-corrected chi connectivity index (χ2v) is 6.77. The summed E-state index contributed by atoms with van der Waals surface area (Å²) in [5.41, 5.74) is 4.90. The molecule has 118 valence electrons. The van der Waals surface area contributed by atoms with Crippen molar-refractivity contribution in [3.05, 3.63) is 59.7 Å². The molecule has 23 heavy (non-hydrogen) atoms. The summed E-state index contributed by atoms with van der Waals surface area (Å²) in [6.07, 6.45) is 2.07. The predicted molar refractivity (Wildman–Crippen MR) is 93.5 cm³/mol. The fourth-order valence-corrected chi connectivity index (χ4v) is 3.47. The van der Waals surface area contributed by atoms with Crippen LogP contribution in [0.2, 0.25) is 0 Å². The van der Waals surface area contributed by atoms with Gasteiger partial charge in [0.1, 0.15) is 0 Å². The van der Waals surface area contributed by atoms with Crippen molar-refractivity contribution in [2.24, 2.45) is 11.8 Å². The molecule has 4 rings (SSSR count). The molecule has 0 aromatic heterocycles. The summed E-state index contributed by atoms with van der Waals surface area (Å²) in [6, 6.07) is 16.8. The Morgan fingerprint density at radius 3 is 2.57 bits per heavy atom. The zero-order valence-corrected chi connectivity index (χ0v) is 13.5. The highest BCUT2D eigenvalue weighted by atomic mass is 16.2. The molecular formula is C20H22N2O. The summed E-state index contributed by atoms with van der Waals surface area (Å²) in [5, 5.41) is 3.14. The molecule has 1 aliphatic heterocycles. The molecule has 1 amide bonds. The molecule has 1 N–H and O–H groups in total. The van der Waals surface area contributed by atoms with E-state index in [-0.39, 0.29) is 11.8 Å². The van der Waals surface area contributed by atoms with Crippen molar-refractivity contribution in [3.8, 4) is 0 Å². The van der Waals surface area contributed by atoms with Gasteiger partial charge in [0.15, 0.2) is 0 Å². The highest BCUT2D eigenvalue weighted by molar-refractivity contribution is 5.97. The van der Waals surface area contributed by atoms with Crippen LogP contribution in [0.15, 0.2) is 48.5 Å². The van der Waals surface area contributed by atoms with Gasteiger partial charge in [-0.2, -0.15) is 0 Å². The summed E-state index contributed by atoms with van der Waals surface area (Å²) in [7, 11) is 0. The van der Waals surface area contributed by atoms with Gasteiger partial charge in [-0.05, 0) is 42.0 Å². The SMILES string of the molecule is C[C@@H]1C[C@H]1C(=O)Nc1ccccc1N1CCc2ccccc2C1. The molecule has 2 aliphatic rings. The van der Waals surface area contributed by atoms with E-state index in [9.17, 15) is 4.79 Å². The van der Waals surface area contributed by atoms with Crippen molar-refractivity contribution in [1.82, 2.24) is 0 Å². The number of amides is 1. The normalized spacial score (nSPS) is 22.4. The molecular weight excluding hydrogens is 284 g/mol. The minimum Gasteiger partial charge on any atom is -0.365 e. The highest BCUT2D eigenvalue weighted by Crippen LogP contribution is 2.39. The van der Waals surface area contributed by atoms with E-state index in [0.29, 0.717) is 5.92 Å². The summed E-state index contributed by atoms with van der Waals surface area (Å²) in [5.74, 6) is 0.900. The van der Waals surface area contributed by atoms with E-state index >= 15 is 0 Å². The topological polar surface area (TPSA) is 32.3 Å². The maximum atomic E-state index is 12.3. The molecule has 0 saturated heterocycles. The Hall–Kier alpha value is -2.29. The monoisotopic (exact) mass is 306 g/mol. The maximum absolute atomic E-state index is 12.3. The van der Waals surface area contributed by atoms with Gasteiger partial charge in [0, 0.05) is 19.0 Å². The number of carbonyl (C=O) groups excluding carboxylic acids is 1. The number of nitrogens with one attached hydrogen (secondary N) is 1. The first-order valence-corrected chi connectivity index (χ1v) is 8.44. The molecule has 1 heterocycles. The molecule has 1 fully saturated rings. The van der Waals surface area contributed by atoms with Gasteiger partial charge in [0.25, 0.3) is 0 Å². The average molecular weight is 306 g/mol. The number of rotatable bonds is 3. The minimum atomic E-state index is 0.169. The smallest absolute Gasteiger partial charge is 0.227 e. The second kappa shape index (κ2) is 5.73. The third-order valence-corrected chi connectivity index (χ3v) is 5.08. The van der Waals surface area contributed by atoms with Crippen LogP contribution in [-0.4, -0.2) is 12.5 Å². The minimum absolute atomic E-state index is 0.169. The van der Waals surface area contributed by atoms with Crippen LogP contribution in [-0.2, 0) is 17.8 Å². The molecule has 1 saturated carbocycles. The van der Waals surface area contributed by atoms with Gasteiger partial charge >= 0.3 is 0 Å². The van der Waals surface area contributed by atoms with Crippen LogP contribution in [0.25, 0.3) is 0 Å².